The molecule has 0 aliphatic carbocycles. The Morgan fingerprint density at radius 1 is 1.29 bits per heavy atom. The van der Waals surface area contributed by atoms with Crippen molar-refractivity contribution in [3.63, 3.8) is 0 Å². The van der Waals surface area contributed by atoms with Gasteiger partial charge in [-0.2, -0.15) is 4.52 Å². The van der Waals surface area contributed by atoms with Crippen molar-refractivity contribution in [2.45, 2.75) is 13.8 Å². The Morgan fingerprint density at radius 3 is 2.93 bits per heavy atom. The van der Waals surface area contributed by atoms with E-state index in [1.54, 1.807) is 4.63 Å². The maximum Gasteiger partial charge on any atom is 0.203 e. The first-order valence-corrected chi connectivity index (χ1v) is 4.42. The lowest BCUT2D eigenvalue weighted by molar-refractivity contribution is -0.674. The highest BCUT2D eigenvalue weighted by Gasteiger charge is 2.06. The molecule has 5 heteroatoms. The number of fused-ring (bicyclic) bond motifs is 3. The lowest BCUT2D eigenvalue weighted by Gasteiger charge is -2.00. The molecule has 0 N–H and O–H groups in total. The molecular weight excluding hydrogens is 178 g/mol. The van der Waals surface area contributed by atoms with Crippen LogP contribution >= 0.6 is 0 Å². The van der Waals surface area contributed by atoms with Gasteiger partial charge in [0.1, 0.15) is 5.65 Å². The van der Waals surface area contributed by atoms with E-state index in [9.17, 15) is 0 Å². The Morgan fingerprint density at radius 2 is 2.07 bits per heavy atom. The average molecular weight is 187 g/mol. The quantitative estimate of drug-likeness (QED) is 0.467. The van der Waals surface area contributed by atoms with Gasteiger partial charge in [-0.1, -0.05) is 4.63 Å². The fourth-order valence-electron chi connectivity index (χ4n) is 1.48. The van der Waals surface area contributed by atoms with Crippen LogP contribution in [0.5, 0.6) is 0 Å². The highest BCUT2D eigenvalue weighted by Crippen LogP contribution is 2.06. The highest BCUT2D eigenvalue weighted by atomic mass is 15.5. The fourth-order valence-corrected chi connectivity index (χ4v) is 1.48. The van der Waals surface area contributed by atoms with Crippen LogP contribution in [0.15, 0.2) is 18.5 Å². The molecule has 0 aromatic carbocycles. The second kappa shape index (κ2) is 2.31. The second-order valence-corrected chi connectivity index (χ2v) is 3.30. The first kappa shape index (κ1) is 7.49. The summed E-state index contributed by atoms with van der Waals surface area (Å²) in [6, 6.07) is 1.92. The van der Waals surface area contributed by atoms with Crippen molar-refractivity contribution in [1.29, 1.82) is 0 Å². The van der Waals surface area contributed by atoms with Crippen LogP contribution in [0, 0.1) is 13.8 Å². The van der Waals surface area contributed by atoms with Crippen LogP contribution in [0.2, 0.25) is 0 Å². The Balaban J connectivity index is 2.57. The van der Waals surface area contributed by atoms with Gasteiger partial charge in [0.25, 0.3) is 0 Å². The normalized spacial score (nSPS) is 11.6. The fraction of sp³-hybridized carbons (Fsp3) is 0.222. The molecule has 0 aliphatic rings. The zero-order valence-electron chi connectivity index (χ0n) is 7.97. The monoisotopic (exact) mass is 187 g/mol. The third-order valence-electron chi connectivity index (χ3n) is 2.35. The predicted molar refractivity (Wildman–Crippen MR) is 48.9 cm³/mol. The van der Waals surface area contributed by atoms with Gasteiger partial charge in [0.05, 0.1) is 0 Å². The molecule has 0 atom stereocenters. The molecule has 0 aliphatic heterocycles. The van der Waals surface area contributed by atoms with Crippen LogP contribution in [-0.4, -0.2) is 14.5 Å². The van der Waals surface area contributed by atoms with Gasteiger partial charge in [-0.3, -0.25) is 0 Å². The first-order valence-electron chi connectivity index (χ1n) is 4.42. The van der Waals surface area contributed by atoms with Gasteiger partial charge in [-0.15, -0.1) is 5.10 Å². The summed E-state index contributed by atoms with van der Waals surface area (Å²) in [5.74, 6) is 0. The van der Waals surface area contributed by atoms with Gasteiger partial charge >= 0.3 is 0 Å². The minimum absolute atomic E-state index is 0.689. The van der Waals surface area contributed by atoms with E-state index < -0.39 is 0 Å². The Hall–Kier alpha value is -1.91. The van der Waals surface area contributed by atoms with Crippen molar-refractivity contribution >= 4 is 11.3 Å². The molecule has 3 aromatic rings. The van der Waals surface area contributed by atoms with E-state index >= 15 is 0 Å². The number of nitrogens with zero attached hydrogens (tertiary/aromatic N) is 5. The number of aromatic nitrogens is 5. The van der Waals surface area contributed by atoms with Gasteiger partial charge in [-0.25, -0.2) is 4.98 Å². The van der Waals surface area contributed by atoms with Crippen LogP contribution in [0.3, 0.4) is 0 Å². The van der Waals surface area contributed by atoms with E-state index in [4.69, 9.17) is 0 Å². The highest BCUT2D eigenvalue weighted by molar-refractivity contribution is 5.63. The van der Waals surface area contributed by atoms with Gasteiger partial charge in [-0.05, 0) is 19.5 Å². The van der Waals surface area contributed by atoms with Crippen LogP contribution in [0.4, 0.5) is 0 Å². The van der Waals surface area contributed by atoms with Crippen molar-refractivity contribution in [3.05, 3.63) is 29.8 Å². The predicted octanol–water partition coefficient (Wildman–Crippen LogP) is 0.0420. The molecule has 5 nitrogen and oxygen atoms in total. The van der Waals surface area contributed by atoms with Gasteiger partial charge < -0.3 is 4.98 Å². The summed E-state index contributed by atoms with van der Waals surface area (Å²) >= 11 is 0. The number of aryl methyl sites for hydroxylation is 2. The van der Waals surface area contributed by atoms with Crippen LogP contribution in [0.1, 0.15) is 11.4 Å². The van der Waals surface area contributed by atoms with E-state index in [0.717, 1.165) is 17.0 Å². The molecule has 0 unspecified atom stereocenters. The minimum Gasteiger partial charge on any atom is -0.357 e. The summed E-state index contributed by atoms with van der Waals surface area (Å²) in [7, 11) is 0. The zero-order valence-corrected chi connectivity index (χ0v) is 7.97. The molecule has 0 amide bonds. The van der Waals surface area contributed by atoms with Crippen molar-refractivity contribution in [3.8, 4) is 0 Å². The van der Waals surface area contributed by atoms with Gasteiger partial charge in [0.15, 0.2) is 5.65 Å². The average Bonchev–Trinajstić information content (AvgIpc) is 2.68. The Labute approximate surface area is 80.0 Å². The zero-order chi connectivity index (χ0) is 9.71. The smallest absolute Gasteiger partial charge is 0.203 e. The first-order chi connectivity index (χ1) is 6.75. The SMILES string of the molecule is Cc1nc2[n-][n+]3cccn3c2nc1C. The summed E-state index contributed by atoms with van der Waals surface area (Å²) in [5.41, 5.74) is 3.37. The lowest BCUT2D eigenvalue weighted by atomic mass is 10.3. The molecule has 14 heavy (non-hydrogen) atoms. The largest absolute Gasteiger partial charge is 0.357 e. The van der Waals surface area contributed by atoms with Crippen molar-refractivity contribution in [1.82, 2.24) is 19.6 Å². The maximum atomic E-state index is 4.45. The van der Waals surface area contributed by atoms with Crippen LogP contribution < -0.4 is 9.73 Å². The molecule has 0 fully saturated rings. The maximum absolute atomic E-state index is 4.45. The van der Waals surface area contributed by atoms with Crippen molar-refractivity contribution in [2.24, 2.45) is 0 Å². The van der Waals surface area contributed by atoms with E-state index in [-0.39, 0.29) is 0 Å². The minimum atomic E-state index is 0.689. The molecule has 3 aromatic heterocycles. The summed E-state index contributed by atoms with van der Waals surface area (Å²) in [5, 5.41) is 4.28. The third-order valence-corrected chi connectivity index (χ3v) is 2.35. The number of hydrogen-bond acceptors (Lipinski definition) is 2. The molecule has 0 spiro atoms. The molecule has 0 bridgehead atoms. The lowest BCUT2D eigenvalue weighted by Crippen LogP contribution is -2.28. The standard InChI is InChI=1S/C9H9N5/c1-6-7(2)11-9-8(10-6)12-14-5-3-4-13(9)14/h3-5H,1-2H3. The Kier molecular flexibility index (Phi) is 1.24. The molecule has 70 valence electrons. The van der Waals surface area contributed by atoms with E-state index in [2.05, 4.69) is 15.1 Å². The van der Waals surface area contributed by atoms with Gasteiger partial charge in [0, 0.05) is 18.0 Å². The topological polar surface area (TPSA) is 48.4 Å². The molecule has 0 saturated heterocycles. The van der Waals surface area contributed by atoms with Gasteiger partial charge in [0.2, 0.25) is 6.20 Å². The second-order valence-electron chi connectivity index (χ2n) is 3.30. The summed E-state index contributed by atoms with van der Waals surface area (Å²) in [6.07, 6.45) is 3.78. The molecule has 3 heterocycles. The molecular formula is C9H9N5. The van der Waals surface area contributed by atoms with Crippen LogP contribution in [-0.2, 0) is 0 Å². The third kappa shape index (κ3) is 0.810. The van der Waals surface area contributed by atoms with E-state index in [1.807, 2.05) is 36.8 Å². The summed E-state index contributed by atoms with van der Waals surface area (Å²) in [4.78, 5) is 8.82. The molecule has 0 saturated carbocycles. The Bertz CT molecular complexity index is 618. The summed E-state index contributed by atoms with van der Waals surface area (Å²) in [6.45, 7) is 3.89. The van der Waals surface area contributed by atoms with Crippen molar-refractivity contribution in [2.75, 3.05) is 0 Å². The number of rotatable bonds is 0. The van der Waals surface area contributed by atoms with E-state index in [1.165, 1.54) is 0 Å². The van der Waals surface area contributed by atoms with Crippen molar-refractivity contribution < 1.29 is 4.63 Å². The molecule has 0 radical (unpaired) electrons. The number of hydrogen-bond donors (Lipinski definition) is 0. The molecule has 3 rings (SSSR count). The van der Waals surface area contributed by atoms with Crippen LogP contribution in [0.25, 0.3) is 11.3 Å². The summed E-state index contributed by atoms with van der Waals surface area (Å²) < 4.78 is 3.60. The van der Waals surface area contributed by atoms with E-state index in [0.29, 0.717) is 5.65 Å².